The molecular weight excluding hydrogens is 394 g/mol. The summed E-state index contributed by atoms with van der Waals surface area (Å²) in [6.07, 6.45) is 0.864. The van der Waals surface area contributed by atoms with Crippen LogP contribution in [-0.4, -0.2) is 21.5 Å². The van der Waals surface area contributed by atoms with Crippen LogP contribution in [0, 0.1) is 0 Å². The Bertz CT molecular complexity index is 1600. The first-order valence-electron chi connectivity index (χ1n) is 11.0. The topological polar surface area (TPSA) is 32.0 Å². The molecule has 0 amide bonds. The molecule has 1 aliphatic heterocycles. The number of methoxy groups -OCH3 is 1. The van der Waals surface area contributed by atoms with Crippen LogP contribution < -0.4 is 4.74 Å². The molecule has 0 saturated heterocycles. The molecule has 1 unspecified atom stereocenters. The lowest BCUT2D eigenvalue weighted by Gasteiger charge is -2.29. The van der Waals surface area contributed by atoms with E-state index in [0.717, 1.165) is 23.4 Å². The van der Waals surface area contributed by atoms with Gasteiger partial charge in [-0.3, -0.25) is 0 Å². The van der Waals surface area contributed by atoms with Gasteiger partial charge in [-0.05, 0) is 36.4 Å². The third kappa shape index (κ3) is 2.29. The summed E-state index contributed by atoms with van der Waals surface area (Å²) in [5, 5.41) is 8.76. The van der Waals surface area contributed by atoms with Gasteiger partial charge in [0.05, 0.1) is 30.0 Å². The van der Waals surface area contributed by atoms with Gasteiger partial charge in [-0.2, -0.15) is 5.10 Å². The molecule has 7 rings (SSSR count). The summed E-state index contributed by atoms with van der Waals surface area (Å²) < 4.78 is 10.3. The molecule has 0 saturated carbocycles. The van der Waals surface area contributed by atoms with Crippen LogP contribution in [0.4, 0.5) is 0 Å². The molecule has 4 aromatic carbocycles. The monoisotopic (exact) mass is 415 g/mol. The van der Waals surface area contributed by atoms with Crippen LogP contribution in [-0.2, 0) is 6.42 Å². The number of rotatable bonds is 2. The predicted molar refractivity (Wildman–Crippen MR) is 129 cm³/mol. The molecule has 0 radical (unpaired) electrons. The van der Waals surface area contributed by atoms with Gasteiger partial charge in [-0.15, -0.1) is 0 Å². The van der Waals surface area contributed by atoms with Gasteiger partial charge in [-0.25, -0.2) is 4.68 Å². The van der Waals surface area contributed by atoms with Crippen molar-refractivity contribution in [1.82, 2.24) is 14.3 Å². The molecule has 1 atom stereocenters. The Kier molecular flexibility index (Phi) is 3.56. The summed E-state index contributed by atoms with van der Waals surface area (Å²) in [5.74, 6) is 0.870. The van der Waals surface area contributed by atoms with Crippen LogP contribution in [0.3, 0.4) is 0 Å². The van der Waals surface area contributed by atoms with Crippen molar-refractivity contribution in [3.8, 4) is 11.4 Å². The number of para-hydroxylation sites is 2. The average molecular weight is 415 g/mol. The Labute approximate surface area is 185 Å². The Hall–Kier alpha value is -4.05. The predicted octanol–water partition coefficient (Wildman–Crippen LogP) is 6.29. The van der Waals surface area contributed by atoms with Crippen LogP contribution in [0.2, 0.25) is 0 Å². The van der Waals surface area contributed by atoms with Crippen LogP contribution in [0.1, 0.15) is 17.3 Å². The van der Waals surface area contributed by atoms with E-state index < -0.39 is 0 Å². The zero-order valence-electron chi connectivity index (χ0n) is 17.7. The van der Waals surface area contributed by atoms with Crippen molar-refractivity contribution in [1.29, 1.82) is 0 Å². The van der Waals surface area contributed by atoms with E-state index in [-0.39, 0.29) is 6.04 Å². The summed E-state index contributed by atoms with van der Waals surface area (Å²) in [7, 11) is 1.73. The van der Waals surface area contributed by atoms with E-state index in [1.54, 1.807) is 7.11 Å². The standard InChI is InChI=1S/C28H21N3O/c1-32-18-14-15-26-22(16-18)27(17-28-21-10-2-5-11-23(21)29-31(26)28)30-24-12-6-3-8-19(24)20-9-4-7-13-25(20)30/h2-16,27H,17H2,1H3. The van der Waals surface area contributed by atoms with Crippen LogP contribution in [0.5, 0.6) is 5.75 Å². The van der Waals surface area contributed by atoms with Crippen LogP contribution >= 0.6 is 0 Å². The molecule has 4 nitrogen and oxygen atoms in total. The normalized spacial score (nSPS) is 15.2. The first kappa shape index (κ1) is 17.6. The smallest absolute Gasteiger partial charge is 0.119 e. The summed E-state index contributed by atoms with van der Waals surface area (Å²) >= 11 is 0. The third-order valence-corrected chi connectivity index (χ3v) is 6.82. The summed E-state index contributed by atoms with van der Waals surface area (Å²) in [4.78, 5) is 0. The molecular formula is C28H21N3O. The molecule has 2 aromatic heterocycles. The van der Waals surface area contributed by atoms with Gasteiger partial charge in [0.25, 0.3) is 0 Å². The molecule has 154 valence electrons. The molecule has 0 spiro atoms. The zero-order chi connectivity index (χ0) is 21.2. The number of fused-ring (bicyclic) bond motifs is 8. The highest BCUT2D eigenvalue weighted by Gasteiger charge is 2.31. The maximum Gasteiger partial charge on any atom is 0.119 e. The van der Waals surface area contributed by atoms with Gasteiger partial charge in [0.15, 0.2) is 0 Å². The summed E-state index contributed by atoms with van der Waals surface area (Å²) in [6, 6.07) is 32.4. The Morgan fingerprint density at radius 2 is 1.44 bits per heavy atom. The Morgan fingerprint density at radius 3 is 2.16 bits per heavy atom. The first-order chi connectivity index (χ1) is 15.8. The van der Waals surface area contributed by atoms with E-state index >= 15 is 0 Å². The number of hydrogen-bond acceptors (Lipinski definition) is 2. The van der Waals surface area contributed by atoms with Gasteiger partial charge in [-0.1, -0.05) is 54.6 Å². The van der Waals surface area contributed by atoms with Crippen molar-refractivity contribution in [2.75, 3.05) is 7.11 Å². The van der Waals surface area contributed by atoms with Crippen molar-refractivity contribution in [2.45, 2.75) is 12.5 Å². The molecule has 4 heteroatoms. The van der Waals surface area contributed by atoms with E-state index in [1.807, 2.05) is 6.07 Å². The fourth-order valence-corrected chi connectivity index (χ4v) is 5.41. The van der Waals surface area contributed by atoms with Gasteiger partial charge in [0.1, 0.15) is 5.75 Å². The first-order valence-corrected chi connectivity index (χ1v) is 11.0. The second-order valence-corrected chi connectivity index (χ2v) is 8.42. The summed E-state index contributed by atoms with van der Waals surface area (Å²) in [5.41, 5.74) is 7.15. The van der Waals surface area contributed by atoms with Crippen molar-refractivity contribution in [2.24, 2.45) is 0 Å². The average Bonchev–Trinajstić information content (AvgIpc) is 3.39. The second kappa shape index (κ2) is 6.47. The molecule has 3 heterocycles. The summed E-state index contributed by atoms with van der Waals surface area (Å²) in [6.45, 7) is 0. The molecule has 1 aliphatic rings. The highest BCUT2D eigenvalue weighted by molar-refractivity contribution is 6.08. The molecule has 0 aliphatic carbocycles. The third-order valence-electron chi connectivity index (χ3n) is 6.82. The van der Waals surface area contributed by atoms with Gasteiger partial charge >= 0.3 is 0 Å². The maximum atomic E-state index is 5.63. The maximum absolute atomic E-state index is 5.63. The lowest BCUT2D eigenvalue weighted by Crippen LogP contribution is -2.23. The fraction of sp³-hybridized carbons (Fsp3) is 0.107. The van der Waals surface area contributed by atoms with Gasteiger partial charge in [0, 0.05) is 39.2 Å². The van der Waals surface area contributed by atoms with E-state index in [0.29, 0.717) is 0 Å². The van der Waals surface area contributed by atoms with Crippen LogP contribution in [0.25, 0.3) is 38.4 Å². The van der Waals surface area contributed by atoms with Crippen molar-refractivity contribution in [3.63, 3.8) is 0 Å². The van der Waals surface area contributed by atoms with Crippen molar-refractivity contribution >= 4 is 32.7 Å². The second-order valence-electron chi connectivity index (χ2n) is 8.42. The largest absolute Gasteiger partial charge is 0.497 e. The molecule has 0 bridgehead atoms. The minimum atomic E-state index is 0.137. The highest BCUT2D eigenvalue weighted by Crippen LogP contribution is 2.42. The number of hydrogen-bond donors (Lipinski definition) is 0. The van der Waals surface area contributed by atoms with Gasteiger partial charge in [0.2, 0.25) is 0 Å². The van der Waals surface area contributed by atoms with E-state index in [1.165, 1.54) is 38.4 Å². The fourth-order valence-electron chi connectivity index (χ4n) is 5.41. The number of nitrogens with zero attached hydrogens (tertiary/aromatic N) is 3. The molecule has 0 fully saturated rings. The van der Waals surface area contributed by atoms with Crippen molar-refractivity contribution in [3.05, 3.63) is 102 Å². The Morgan fingerprint density at radius 1 is 0.781 bits per heavy atom. The number of aromatic nitrogens is 3. The minimum absolute atomic E-state index is 0.137. The lowest BCUT2D eigenvalue weighted by atomic mass is 9.94. The van der Waals surface area contributed by atoms with Gasteiger partial charge < -0.3 is 9.30 Å². The van der Waals surface area contributed by atoms with E-state index in [4.69, 9.17) is 9.84 Å². The van der Waals surface area contributed by atoms with Crippen molar-refractivity contribution < 1.29 is 4.74 Å². The number of ether oxygens (including phenoxy) is 1. The SMILES string of the molecule is COc1ccc2c(c1)C(n1c3ccccc3c3ccccc31)Cc1c3ccccc3nn1-2. The quantitative estimate of drug-likeness (QED) is 0.333. The number of benzene rings is 4. The van der Waals surface area contributed by atoms with E-state index in [2.05, 4.69) is 94.2 Å². The molecule has 6 aromatic rings. The Balaban J connectivity index is 1.59. The highest BCUT2D eigenvalue weighted by atomic mass is 16.5. The lowest BCUT2D eigenvalue weighted by molar-refractivity contribution is 0.412. The molecule has 0 N–H and O–H groups in total. The zero-order valence-corrected chi connectivity index (χ0v) is 17.7. The minimum Gasteiger partial charge on any atom is -0.497 e. The van der Waals surface area contributed by atoms with Crippen LogP contribution in [0.15, 0.2) is 91.0 Å². The van der Waals surface area contributed by atoms with E-state index in [9.17, 15) is 0 Å². The molecule has 32 heavy (non-hydrogen) atoms.